The number of carbonyl (C=O) groups is 1. The van der Waals surface area contributed by atoms with Crippen molar-refractivity contribution >= 4 is 23.2 Å². The normalized spacial score (nSPS) is 17.9. The van der Waals surface area contributed by atoms with Gasteiger partial charge in [0.2, 0.25) is 11.9 Å². The van der Waals surface area contributed by atoms with Crippen molar-refractivity contribution in [1.82, 2.24) is 14.9 Å². The molecule has 0 saturated carbocycles. The number of anilines is 1. The molecule has 4 heterocycles. The first-order chi connectivity index (χ1) is 12.2. The van der Waals surface area contributed by atoms with Crippen LogP contribution in [0, 0.1) is 17.2 Å². The Morgan fingerprint density at radius 3 is 2.92 bits per heavy atom. The van der Waals surface area contributed by atoms with Crippen LogP contribution in [-0.4, -0.2) is 40.4 Å². The highest BCUT2D eigenvalue weighted by Crippen LogP contribution is 2.28. The standard InChI is InChI=1S/C18H19N5OS/c19-11-15-1-6-20-18(21-15)22-7-2-13(3-8-22)17(24)23-9-4-16-14(12-23)5-10-25-16/h1,5-6,10,13H,2-4,7-9,12H2. The van der Waals surface area contributed by atoms with Crippen LogP contribution < -0.4 is 4.90 Å². The van der Waals surface area contributed by atoms with Gasteiger partial charge in [0, 0.05) is 43.2 Å². The summed E-state index contributed by atoms with van der Waals surface area (Å²) in [6.45, 7) is 3.09. The summed E-state index contributed by atoms with van der Waals surface area (Å²) in [5.41, 5.74) is 1.69. The molecule has 0 aliphatic carbocycles. The minimum atomic E-state index is 0.0792. The first-order valence-corrected chi connectivity index (χ1v) is 9.44. The molecule has 0 bridgehead atoms. The van der Waals surface area contributed by atoms with Gasteiger partial charge in [0.25, 0.3) is 0 Å². The number of fused-ring (bicyclic) bond motifs is 1. The van der Waals surface area contributed by atoms with Gasteiger partial charge in [0.05, 0.1) is 0 Å². The van der Waals surface area contributed by atoms with Crippen LogP contribution in [0.1, 0.15) is 29.0 Å². The Hall–Kier alpha value is -2.46. The van der Waals surface area contributed by atoms with Crippen molar-refractivity contribution in [2.45, 2.75) is 25.8 Å². The summed E-state index contributed by atoms with van der Waals surface area (Å²) >= 11 is 1.79. The molecule has 1 amide bonds. The van der Waals surface area contributed by atoms with Crippen LogP contribution >= 0.6 is 11.3 Å². The van der Waals surface area contributed by atoms with Gasteiger partial charge in [-0.2, -0.15) is 5.26 Å². The van der Waals surface area contributed by atoms with Crippen LogP contribution in [-0.2, 0) is 17.8 Å². The molecule has 4 rings (SSSR count). The maximum absolute atomic E-state index is 12.9. The lowest BCUT2D eigenvalue weighted by atomic mass is 9.94. The molecule has 7 heteroatoms. The van der Waals surface area contributed by atoms with Crippen molar-refractivity contribution in [3.8, 4) is 6.07 Å². The number of thiophene rings is 1. The predicted molar refractivity (Wildman–Crippen MR) is 95.1 cm³/mol. The highest BCUT2D eigenvalue weighted by Gasteiger charge is 2.31. The van der Waals surface area contributed by atoms with E-state index < -0.39 is 0 Å². The molecule has 128 valence electrons. The first-order valence-electron chi connectivity index (χ1n) is 8.56. The third-order valence-corrected chi connectivity index (χ3v) is 6.03. The summed E-state index contributed by atoms with van der Waals surface area (Å²) in [4.78, 5) is 26.9. The molecule has 1 saturated heterocycles. The van der Waals surface area contributed by atoms with Crippen LogP contribution in [0.5, 0.6) is 0 Å². The molecular weight excluding hydrogens is 334 g/mol. The maximum Gasteiger partial charge on any atom is 0.226 e. The van der Waals surface area contributed by atoms with Crippen molar-refractivity contribution in [1.29, 1.82) is 5.26 Å². The molecule has 0 radical (unpaired) electrons. The average Bonchev–Trinajstić information content (AvgIpc) is 3.15. The van der Waals surface area contributed by atoms with Gasteiger partial charge in [-0.05, 0) is 42.3 Å². The zero-order valence-electron chi connectivity index (χ0n) is 13.9. The lowest BCUT2D eigenvalue weighted by Crippen LogP contribution is -2.44. The Morgan fingerprint density at radius 1 is 1.28 bits per heavy atom. The van der Waals surface area contributed by atoms with E-state index in [9.17, 15) is 4.79 Å². The first kappa shape index (κ1) is 16.0. The highest BCUT2D eigenvalue weighted by atomic mass is 32.1. The van der Waals surface area contributed by atoms with Gasteiger partial charge < -0.3 is 9.80 Å². The molecule has 0 N–H and O–H groups in total. The molecule has 0 atom stereocenters. The third kappa shape index (κ3) is 3.22. The summed E-state index contributed by atoms with van der Waals surface area (Å²) in [6.07, 6.45) is 4.22. The number of rotatable bonds is 2. The molecule has 2 aliphatic rings. The molecular formula is C18H19N5OS. The molecule has 2 aliphatic heterocycles. The second-order valence-corrected chi connectivity index (χ2v) is 7.49. The molecule has 0 spiro atoms. The fourth-order valence-electron chi connectivity index (χ4n) is 3.58. The Bertz CT molecular complexity index is 819. The van der Waals surface area contributed by atoms with Crippen LogP contribution in [0.15, 0.2) is 23.7 Å². The number of hydrogen-bond acceptors (Lipinski definition) is 6. The quantitative estimate of drug-likeness (QED) is 0.828. The maximum atomic E-state index is 12.9. The zero-order chi connectivity index (χ0) is 17.2. The van der Waals surface area contributed by atoms with Crippen LogP contribution in [0.3, 0.4) is 0 Å². The number of amides is 1. The van der Waals surface area contributed by atoms with Crippen molar-refractivity contribution in [3.63, 3.8) is 0 Å². The largest absolute Gasteiger partial charge is 0.341 e. The molecule has 0 aromatic carbocycles. The fourth-order valence-corrected chi connectivity index (χ4v) is 4.47. The number of aromatic nitrogens is 2. The molecule has 2 aromatic heterocycles. The third-order valence-electron chi connectivity index (χ3n) is 5.00. The summed E-state index contributed by atoms with van der Waals surface area (Å²) in [5.74, 6) is 0.949. The monoisotopic (exact) mass is 353 g/mol. The second-order valence-electron chi connectivity index (χ2n) is 6.49. The van der Waals surface area contributed by atoms with Crippen LogP contribution in [0.2, 0.25) is 0 Å². The number of hydrogen-bond donors (Lipinski definition) is 0. The van der Waals surface area contributed by atoms with E-state index in [1.165, 1.54) is 10.4 Å². The number of carbonyl (C=O) groups excluding carboxylic acids is 1. The summed E-state index contributed by atoms with van der Waals surface area (Å²) in [6, 6.07) is 5.79. The van der Waals surface area contributed by atoms with Crippen LogP contribution in [0.4, 0.5) is 5.95 Å². The number of nitrogens with zero attached hydrogens (tertiary/aromatic N) is 5. The zero-order valence-corrected chi connectivity index (χ0v) is 14.7. The van der Waals surface area contributed by atoms with E-state index in [4.69, 9.17) is 5.26 Å². The van der Waals surface area contributed by atoms with Gasteiger partial charge in [-0.1, -0.05) is 0 Å². The highest BCUT2D eigenvalue weighted by molar-refractivity contribution is 7.10. The Kier molecular flexibility index (Phi) is 4.36. The van der Waals surface area contributed by atoms with E-state index in [1.54, 1.807) is 23.6 Å². The fraction of sp³-hybridized carbons (Fsp3) is 0.444. The second kappa shape index (κ2) is 6.81. The molecule has 0 unspecified atom stereocenters. The lowest BCUT2D eigenvalue weighted by Gasteiger charge is -2.35. The smallest absolute Gasteiger partial charge is 0.226 e. The number of piperidine rings is 1. The van der Waals surface area contributed by atoms with Gasteiger partial charge in [-0.3, -0.25) is 4.79 Å². The minimum Gasteiger partial charge on any atom is -0.341 e. The van der Waals surface area contributed by atoms with Crippen molar-refractivity contribution in [3.05, 3.63) is 39.8 Å². The topological polar surface area (TPSA) is 73.1 Å². The van der Waals surface area contributed by atoms with E-state index in [0.717, 1.165) is 45.4 Å². The van der Waals surface area contributed by atoms with E-state index >= 15 is 0 Å². The predicted octanol–water partition coefficient (Wildman–Crippen LogP) is 2.21. The summed E-state index contributed by atoms with van der Waals surface area (Å²) in [7, 11) is 0. The molecule has 1 fully saturated rings. The Morgan fingerprint density at radius 2 is 2.12 bits per heavy atom. The van der Waals surface area contributed by atoms with Crippen molar-refractivity contribution in [2.75, 3.05) is 24.5 Å². The molecule has 25 heavy (non-hydrogen) atoms. The summed E-state index contributed by atoms with van der Waals surface area (Å²) in [5, 5.41) is 11.1. The molecule has 2 aromatic rings. The SMILES string of the molecule is N#Cc1ccnc(N2CCC(C(=O)N3CCc4sccc4C3)CC2)n1. The van der Waals surface area contributed by atoms with Crippen molar-refractivity contribution in [2.24, 2.45) is 5.92 Å². The lowest BCUT2D eigenvalue weighted by molar-refractivity contribution is -0.137. The van der Waals surface area contributed by atoms with Gasteiger partial charge in [-0.25, -0.2) is 9.97 Å². The van der Waals surface area contributed by atoms with Crippen molar-refractivity contribution < 1.29 is 4.79 Å². The Balaban J connectivity index is 1.37. The van der Waals surface area contributed by atoms with E-state index in [1.807, 2.05) is 11.0 Å². The molecule has 6 nitrogen and oxygen atoms in total. The van der Waals surface area contributed by atoms with E-state index in [2.05, 4.69) is 26.3 Å². The minimum absolute atomic E-state index is 0.0792. The van der Waals surface area contributed by atoms with E-state index in [-0.39, 0.29) is 11.8 Å². The number of nitriles is 1. The van der Waals surface area contributed by atoms with Gasteiger partial charge >= 0.3 is 0 Å². The van der Waals surface area contributed by atoms with Gasteiger partial charge in [0.1, 0.15) is 11.8 Å². The van der Waals surface area contributed by atoms with E-state index in [0.29, 0.717) is 11.6 Å². The van der Waals surface area contributed by atoms with Gasteiger partial charge in [0.15, 0.2) is 0 Å². The Labute approximate surface area is 150 Å². The van der Waals surface area contributed by atoms with Crippen LogP contribution in [0.25, 0.3) is 0 Å². The summed E-state index contributed by atoms with van der Waals surface area (Å²) < 4.78 is 0. The van der Waals surface area contributed by atoms with Gasteiger partial charge in [-0.15, -0.1) is 11.3 Å². The average molecular weight is 353 g/mol.